The lowest BCUT2D eigenvalue weighted by atomic mass is 10.00. The summed E-state index contributed by atoms with van der Waals surface area (Å²) < 4.78 is 0. The maximum atomic E-state index is 13.7. The smallest absolute Gasteiger partial charge is 0.303 e. The van der Waals surface area contributed by atoms with E-state index in [0.717, 1.165) is 10.5 Å². The molecule has 5 atom stereocenters. The highest BCUT2D eigenvalue weighted by atomic mass is 32.1. The zero-order valence-corrected chi connectivity index (χ0v) is 34.3. The monoisotopic (exact) mass is 842 g/mol. The Morgan fingerprint density at radius 1 is 0.712 bits per heavy atom. The number of amides is 8. The number of carbonyl (C=O) groups excluding carboxylic acids is 8. The van der Waals surface area contributed by atoms with E-state index in [1.807, 2.05) is 0 Å². The van der Waals surface area contributed by atoms with E-state index in [1.165, 1.54) is 31.3 Å². The van der Waals surface area contributed by atoms with Gasteiger partial charge in [-0.3, -0.25) is 43.2 Å². The maximum Gasteiger partial charge on any atom is 0.303 e. The molecule has 2 rings (SSSR count). The molecule has 0 aliphatic rings. The lowest BCUT2D eigenvalue weighted by Crippen LogP contribution is -2.59. The van der Waals surface area contributed by atoms with E-state index in [9.17, 15) is 53.4 Å². The third kappa shape index (κ3) is 17.5. The number of nitrogens with zero attached hydrogens (tertiary/aromatic N) is 1. The van der Waals surface area contributed by atoms with Gasteiger partial charge in [0.05, 0.1) is 13.1 Å². The number of aromatic hydroxyl groups is 1. The van der Waals surface area contributed by atoms with E-state index >= 15 is 0 Å². The summed E-state index contributed by atoms with van der Waals surface area (Å²) in [5.74, 6) is -8.06. The van der Waals surface area contributed by atoms with Crippen LogP contribution in [-0.4, -0.2) is 124 Å². The van der Waals surface area contributed by atoms with Gasteiger partial charge in [0.25, 0.3) is 0 Å². The Balaban J connectivity index is 2.26. The molecule has 20 heteroatoms. The second kappa shape index (κ2) is 24.6. The van der Waals surface area contributed by atoms with Crippen molar-refractivity contribution in [3.8, 4) is 5.75 Å². The number of likely N-dealkylation sites (N-methyl/N-ethyl adjacent to an activating group) is 1. The van der Waals surface area contributed by atoms with Crippen molar-refractivity contribution in [1.29, 1.82) is 0 Å². The Kier molecular flexibility index (Phi) is 20.4. The lowest BCUT2D eigenvalue weighted by Gasteiger charge is -2.29. The highest BCUT2D eigenvalue weighted by Gasteiger charge is 2.34. The molecule has 10 N–H and O–H groups in total. The largest absolute Gasteiger partial charge is 0.508 e. The van der Waals surface area contributed by atoms with Crippen molar-refractivity contribution in [2.75, 3.05) is 25.9 Å². The molecule has 0 spiro atoms. The third-order valence-corrected chi connectivity index (χ3v) is 9.17. The Labute approximate surface area is 347 Å². The highest BCUT2D eigenvalue weighted by molar-refractivity contribution is 7.80. The van der Waals surface area contributed by atoms with E-state index in [2.05, 4.69) is 44.5 Å². The molecule has 0 aliphatic heterocycles. The van der Waals surface area contributed by atoms with Gasteiger partial charge in [0.15, 0.2) is 0 Å². The molecule has 2 aromatic rings. The number of aliphatic carboxylic acids is 1. The molecule has 322 valence electrons. The summed E-state index contributed by atoms with van der Waals surface area (Å²) in [6.07, 6.45) is -0.843. The van der Waals surface area contributed by atoms with Crippen molar-refractivity contribution >= 4 is 65.9 Å². The average Bonchev–Trinajstić information content (AvgIpc) is 3.19. The summed E-state index contributed by atoms with van der Waals surface area (Å²) in [4.78, 5) is 116. The quantitative estimate of drug-likeness (QED) is 0.0544. The summed E-state index contributed by atoms with van der Waals surface area (Å²) >= 11 is 4.09. The van der Waals surface area contributed by atoms with E-state index < -0.39 is 109 Å². The van der Waals surface area contributed by atoms with Crippen LogP contribution >= 0.6 is 12.6 Å². The van der Waals surface area contributed by atoms with Crippen LogP contribution in [0.15, 0.2) is 54.6 Å². The molecule has 0 saturated heterocycles. The number of carboxylic acid groups (broad SMARTS) is 1. The van der Waals surface area contributed by atoms with E-state index in [1.54, 1.807) is 51.1 Å². The van der Waals surface area contributed by atoms with Gasteiger partial charge in [-0.2, -0.15) is 12.6 Å². The van der Waals surface area contributed by atoms with Gasteiger partial charge in [0.1, 0.15) is 36.0 Å². The molecule has 59 heavy (non-hydrogen) atoms. The van der Waals surface area contributed by atoms with Crippen molar-refractivity contribution in [3.63, 3.8) is 0 Å². The first-order valence-corrected chi connectivity index (χ1v) is 19.4. The summed E-state index contributed by atoms with van der Waals surface area (Å²) in [7, 11) is 1.23. The number of carbonyl (C=O) groups is 9. The summed E-state index contributed by atoms with van der Waals surface area (Å²) in [5.41, 5.74) is 6.33. The predicted molar refractivity (Wildman–Crippen MR) is 217 cm³/mol. The van der Waals surface area contributed by atoms with Crippen LogP contribution in [0.2, 0.25) is 0 Å². The molecule has 8 amide bonds. The number of phenolic OH excluding ortho intramolecular Hbond substituents is 1. The number of nitrogens with one attached hydrogen (secondary N) is 6. The van der Waals surface area contributed by atoms with Gasteiger partial charge in [-0.1, -0.05) is 63.2 Å². The van der Waals surface area contributed by atoms with Gasteiger partial charge >= 0.3 is 5.97 Å². The average molecular weight is 843 g/mol. The van der Waals surface area contributed by atoms with E-state index in [0.29, 0.717) is 5.56 Å². The van der Waals surface area contributed by atoms with Crippen molar-refractivity contribution in [2.24, 2.45) is 11.7 Å². The van der Waals surface area contributed by atoms with E-state index in [-0.39, 0.29) is 37.2 Å². The molecule has 19 nitrogen and oxygen atoms in total. The second-order valence-corrected chi connectivity index (χ2v) is 14.4. The first-order chi connectivity index (χ1) is 27.8. The van der Waals surface area contributed by atoms with Crippen LogP contribution in [0.25, 0.3) is 0 Å². The van der Waals surface area contributed by atoms with Gasteiger partial charge < -0.3 is 52.7 Å². The van der Waals surface area contributed by atoms with Crippen LogP contribution < -0.4 is 37.6 Å². The van der Waals surface area contributed by atoms with Gasteiger partial charge in [0.2, 0.25) is 47.3 Å². The minimum absolute atomic E-state index is 0.0560. The fraction of sp³-hybridized carbons (Fsp3) is 0.462. The molecule has 2 aromatic carbocycles. The van der Waals surface area contributed by atoms with Crippen LogP contribution in [0.4, 0.5) is 0 Å². The van der Waals surface area contributed by atoms with Crippen LogP contribution in [0.3, 0.4) is 0 Å². The van der Waals surface area contributed by atoms with Crippen molar-refractivity contribution in [3.05, 3.63) is 65.7 Å². The topological polar surface area (TPSA) is 296 Å². The van der Waals surface area contributed by atoms with E-state index in [4.69, 9.17) is 5.73 Å². The number of benzene rings is 2. The fourth-order valence-electron chi connectivity index (χ4n) is 5.57. The Morgan fingerprint density at radius 3 is 1.78 bits per heavy atom. The van der Waals surface area contributed by atoms with Crippen LogP contribution in [0.5, 0.6) is 5.75 Å². The zero-order valence-electron chi connectivity index (χ0n) is 33.4. The van der Waals surface area contributed by atoms with Crippen LogP contribution in [-0.2, 0) is 56.0 Å². The summed E-state index contributed by atoms with van der Waals surface area (Å²) in [6, 6.07) is 8.30. The number of carboxylic acids is 1. The van der Waals surface area contributed by atoms with Gasteiger partial charge in [-0.25, -0.2) is 0 Å². The second-order valence-electron chi connectivity index (χ2n) is 14.0. The first kappa shape index (κ1) is 49.0. The third-order valence-electron chi connectivity index (χ3n) is 8.80. The predicted octanol–water partition coefficient (Wildman–Crippen LogP) is -1.48. The number of nitrogens with two attached hydrogens (primary N) is 1. The fourth-order valence-corrected chi connectivity index (χ4v) is 5.83. The Bertz CT molecular complexity index is 1800. The minimum Gasteiger partial charge on any atom is -0.508 e. The summed E-state index contributed by atoms with van der Waals surface area (Å²) in [5, 5.41) is 34.2. The van der Waals surface area contributed by atoms with Crippen LogP contribution in [0, 0.1) is 5.92 Å². The van der Waals surface area contributed by atoms with Gasteiger partial charge in [0, 0.05) is 38.5 Å². The number of rotatable bonds is 24. The van der Waals surface area contributed by atoms with Gasteiger partial charge in [-0.05, 0) is 35.6 Å². The standard InChI is InChI=1S/C39H54N8O11S/c1-5-31(50)42-28(17-23-9-7-6-8-10-23)37(56)46-34(22(2)3)38(57)44-26(15-16-33(52)53)39(58)47(4)20-32(51)43-27(18-24-11-13-25(48)14-12-24)36(55)45-29(21-59)35(54)41-19-30(40)49/h6-14,22,26-29,34,48,59H,5,15-21H2,1-4H3,(H2,40,49)(H,41,54)(H,42,50)(H,43,51)(H,44,57)(H,45,55)(H,46,56)(H,52,53)/t26-,27-,28-,29-,34-/m0/s1. The molecule has 0 heterocycles. The van der Waals surface area contributed by atoms with Crippen molar-refractivity contribution in [1.82, 2.24) is 36.8 Å². The molecule has 0 radical (unpaired) electrons. The zero-order chi connectivity index (χ0) is 44.2. The Hall–Kier alpha value is -6.18. The van der Waals surface area contributed by atoms with Crippen LogP contribution in [0.1, 0.15) is 51.2 Å². The molecular weight excluding hydrogens is 789 g/mol. The molecule has 0 aromatic heterocycles. The summed E-state index contributed by atoms with van der Waals surface area (Å²) in [6.45, 7) is 3.74. The Morgan fingerprint density at radius 2 is 1.25 bits per heavy atom. The maximum absolute atomic E-state index is 13.7. The number of hydrogen-bond acceptors (Lipinski definition) is 11. The molecule has 0 aliphatic carbocycles. The SMILES string of the molecule is CCC(=O)N[C@@H](Cc1ccccc1)C(=O)N[C@H](C(=O)N[C@@H](CCC(=O)O)C(=O)N(C)CC(=O)N[C@@H](Cc1ccc(O)cc1)C(=O)N[C@@H](CS)C(=O)NCC(N)=O)C(C)C. The normalized spacial score (nSPS) is 13.3. The first-order valence-electron chi connectivity index (χ1n) is 18.8. The van der Waals surface area contributed by atoms with Crippen molar-refractivity contribution in [2.45, 2.75) is 83.1 Å². The molecule has 0 fully saturated rings. The number of hydrogen-bond donors (Lipinski definition) is 10. The number of thiol groups is 1. The molecule has 0 unspecified atom stereocenters. The highest BCUT2D eigenvalue weighted by Crippen LogP contribution is 2.13. The number of phenols is 1. The minimum atomic E-state index is -1.47. The van der Waals surface area contributed by atoms with Crippen molar-refractivity contribution < 1.29 is 53.4 Å². The molecular formula is C39H54N8O11S. The lowest BCUT2D eigenvalue weighted by molar-refractivity contribution is -0.141. The van der Waals surface area contributed by atoms with Gasteiger partial charge in [-0.15, -0.1) is 0 Å². The molecule has 0 bridgehead atoms. The molecule has 0 saturated carbocycles. The number of primary amides is 1.